The summed E-state index contributed by atoms with van der Waals surface area (Å²) in [6, 6.07) is 0. The largest absolute Gasteiger partial charge is 0.464 e. The number of carbonyl (C=O) groups excluding carboxylic acids is 1. The van der Waals surface area contributed by atoms with Crippen LogP contribution in [0.25, 0.3) is 0 Å². The smallest absolute Gasteiger partial charge is 0.325 e. The third kappa shape index (κ3) is 4.16. The number of ether oxygens (including phenoxy) is 1. The van der Waals surface area contributed by atoms with Crippen LogP contribution in [-0.2, 0) is 16.1 Å². The summed E-state index contributed by atoms with van der Waals surface area (Å²) in [7, 11) is 0. The number of imidazole rings is 1. The first kappa shape index (κ1) is 12.3. The Bertz CT molecular complexity index is 372. The average Bonchev–Trinajstić information content (AvgIpc) is 2.70. The molecule has 0 aliphatic carbocycles. The molecule has 0 amide bonds. The molecule has 7 heteroatoms. The van der Waals surface area contributed by atoms with Gasteiger partial charge in [0.2, 0.25) is 0 Å². The van der Waals surface area contributed by atoms with Gasteiger partial charge in [0.15, 0.2) is 5.83 Å². The molecule has 0 bridgehead atoms. The van der Waals surface area contributed by atoms with Gasteiger partial charge in [-0.25, -0.2) is 9.37 Å². The average molecular weight is 234 g/mol. The van der Waals surface area contributed by atoms with Crippen molar-refractivity contribution >= 4 is 5.97 Å². The van der Waals surface area contributed by atoms with Crippen molar-refractivity contribution in [1.29, 1.82) is 0 Å². The predicted molar refractivity (Wildman–Crippen MR) is 48.2 cm³/mol. The van der Waals surface area contributed by atoms with Crippen molar-refractivity contribution in [3.63, 3.8) is 0 Å². The van der Waals surface area contributed by atoms with Gasteiger partial charge in [0, 0.05) is 18.8 Å². The predicted octanol–water partition coefficient (Wildman–Crippen LogP) is 1.89. The van der Waals surface area contributed by atoms with Crippen molar-refractivity contribution in [2.45, 2.75) is 13.0 Å². The van der Waals surface area contributed by atoms with Crippen LogP contribution in [0.3, 0.4) is 0 Å². The minimum atomic E-state index is -2.38. The molecule has 0 saturated heterocycles. The maximum absolute atomic E-state index is 12.3. The lowest BCUT2D eigenvalue weighted by Gasteiger charge is -2.03. The maximum Gasteiger partial charge on any atom is 0.325 e. The fourth-order valence-corrected chi connectivity index (χ4v) is 0.924. The van der Waals surface area contributed by atoms with E-state index < -0.39 is 30.9 Å². The summed E-state index contributed by atoms with van der Waals surface area (Å²) in [5, 5.41) is 0. The summed E-state index contributed by atoms with van der Waals surface area (Å²) in [5.74, 6) is -2.19. The van der Waals surface area contributed by atoms with Gasteiger partial charge < -0.3 is 9.30 Å². The van der Waals surface area contributed by atoms with Gasteiger partial charge in [0.05, 0.1) is 12.9 Å². The number of halogens is 3. The Hall–Kier alpha value is -1.79. The lowest BCUT2D eigenvalue weighted by atomic mass is 10.4. The molecule has 0 fully saturated rings. The van der Waals surface area contributed by atoms with Crippen LogP contribution in [0.2, 0.25) is 0 Å². The van der Waals surface area contributed by atoms with Crippen molar-refractivity contribution in [2.75, 3.05) is 6.61 Å². The Morgan fingerprint density at radius 3 is 2.69 bits per heavy atom. The zero-order valence-electron chi connectivity index (χ0n) is 8.20. The lowest BCUT2D eigenvalue weighted by Crippen LogP contribution is -2.13. The van der Waals surface area contributed by atoms with E-state index in [4.69, 9.17) is 0 Å². The lowest BCUT2D eigenvalue weighted by molar-refractivity contribution is -0.144. The third-order valence-corrected chi connectivity index (χ3v) is 1.66. The van der Waals surface area contributed by atoms with E-state index in [-0.39, 0.29) is 6.54 Å². The second kappa shape index (κ2) is 5.94. The van der Waals surface area contributed by atoms with E-state index >= 15 is 0 Å². The minimum absolute atomic E-state index is 0.0799. The second-order valence-corrected chi connectivity index (χ2v) is 2.87. The number of esters is 1. The first-order valence-corrected chi connectivity index (χ1v) is 4.40. The van der Waals surface area contributed by atoms with Gasteiger partial charge in [-0.1, -0.05) is 0 Å². The molecule has 1 aromatic rings. The van der Waals surface area contributed by atoms with E-state index in [2.05, 4.69) is 9.72 Å². The van der Waals surface area contributed by atoms with E-state index in [9.17, 15) is 18.0 Å². The molecule has 0 radical (unpaired) electrons. The van der Waals surface area contributed by atoms with Crippen molar-refractivity contribution in [1.82, 2.24) is 9.55 Å². The second-order valence-electron chi connectivity index (χ2n) is 2.87. The molecule has 1 rings (SSSR count). The van der Waals surface area contributed by atoms with E-state index in [1.807, 2.05) is 0 Å². The van der Waals surface area contributed by atoms with Crippen molar-refractivity contribution in [3.8, 4) is 0 Å². The van der Waals surface area contributed by atoms with Crippen LogP contribution < -0.4 is 0 Å². The van der Waals surface area contributed by atoms with Crippen LogP contribution >= 0.6 is 0 Å². The Labute approximate surface area is 89.3 Å². The standard InChI is InChI=1S/C9H9F3N2O2/c10-7(9(11)12)1-4-16-8(15)5-14-3-2-13-6-14/h2-3,6H,1,4-5H2. The number of nitrogens with zero attached hydrogens (tertiary/aromatic N) is 2. The zero-order chi connectivity index (χ0) is 12.0. The first-order valence-electron chi connectivity index (χ1n) is 4.40. The number of hydrogen-bond acceptors (Lipinski definition) is 3. The number of aromatic nitrogens is 2. The molecule has 0 aliphatic heterocycles. The zero-order valence-corrected chi connectivity index (χ0v) is 8.20. The Morgan fingerprint density at radius 2 is 2.12 bits per heavy atom. The van der Waals surface area contributed by atoms with E-state index in [1.54, 1.807) is 6.20 Å². The molecule has 0 aromatic carbocycles. The summed E-state index contributed by atoms with van der Waals surface area (Å²) in [6.07, 6.45) is 1.43. The van der Waals surface area contributed by atoms with Crippen molar-refractivity contribution < 1.29 is 22.7 Å². The Balaban J connectivity index is 2.24. The van der Waals surface area contributed by atoms with Crippen LogP contribution in [0.15, 0.2) is 30.6 Å². The van der Waals surface area contributed by atoms with Gasteiger partial charge in [-0.15, -0.1) is 0 Å². The van der Waals surface area contributed by atoms with Gasteiger partial charge in [0.25, 0.3) is 0 Å². The highest BCUT2D eigenvalue weighted by atomic mass is 19.3. The number of rotatable bonds is 5. The highest BCUT2D eigenvalue weighted by Crippen LogP contribution is 2.12. The Kier molecular flexibility index (Phi) is 4.56. The molecule has 0 saturated carbocycles. The van der Waals surface area contributed by atoms with Gasteiger partial charge in [-0.05, 0) is 0 Å². The highest BCUT2D eigenvalue weighted by molar-refractivity contribution is 5.69. The molecule has 0 N–H and O–H groups in total. The molecule has 16 heavy (non-hydrogen) atoms. The quantitative estimate of drug-likeness (QED) is 0.731. The molecule has 0 atom stereocenters. The van der Waals surface area contributed by atoms with E-state index in [1.165, 1.54) is 17.1 Å². The van der Waals surface area contributed by atoms with Gasteiger partial charge in [-0.2, -0.15) is 8.78 Å². The first-order chi connectivity index (χ1) is 7.59. The summed E-state index contributed by atoms with van der Waals surface area (Å²) in [6.45, 7) is -0.486. The van der Waals surface area contributed by atoms with E-state index in [0.29, 0.717) is 0 Å². The van der Waals surface area contributed by atoms with Crippen molar-refractivity contribution in [2.24, 2.45) is 0 Å². The van der Waals surface area contributed by atoms with Crippen LogP contribution in [0.5, 0.6) is 0 Å². The summed E-state index contributed by atoms with van der Waals surface area (Å²) >= 11 is 0. The maximum atomic E-state index is 12.3. The molecule has 4 nitrogen and oxygen atoms in total. The topological polar surface area (TPSA) is 44.1 Å². The van der Waals surface area contributed by atoms with Crippen LogP contribution in [0.4, 0.5) is 13.2 Å². The summed E-state index contributed by atoms with van der Waals surface area (Å²) < 4.78 is 41.5. The normalized spacial score (nSPS) is 9.94. The fourth-order valence-electron chi connectivity index (χ4n) is 0.924. The Morgan fingerprint density at radius 1 is 1.38 bits per heavy atom. The molecule has 1 heterocycles. The SMILES string of the molecule is O=C(Cn1ccnc1)OCCC(F)=C(F)F. The van der Waals surface area contributed by atoms with E-state index in [0.717, 1.165) is 0 Å². The minimum Gasteiger partial charge on any atom is -0.464 e. The number of carbonyl (C=O) groups is 1. The monoisotopic (exact) mass is 234 g/mol. The molecule has 0 aliphatic rings. The molecule has 0 unspecified atom stereocenters. The molecular weight excluding hydrogens is 225 g/mol. The number of hydrogen-bond donors (Lipinski definition) is 0. The van der Waals surface area contributed by atoms with Crippen LogP contribution in [-0.4, -0.2) is 22.1 Å². The van der Waals surface area contributed by atoms with Gasteiger partial charge >= 0.3 is 12.0 Å². The highest BCUT2D eigenvalue weighted by Gasteiger charge is 2.07. The molecule has 1 aromatic heterocycles. The van der Waals surface area contributed by atoms with Crippen LogP contribution in [0.1, 0.15) is 6.42 Å². The summed E-state index contributed by atoms with van der Waals surface area (Å²) in [5.41, 5.74) is 0. The molecule has 0 spiro atoms. The third-order valence-electron chi connectivity index (χ3n) is 1.66. The molecule has 88 valence electrons. The molecular formula is C9H9F3N2O2. The van der Waals surface area contributed by atoms with Gasteiger partial charge in [-0.3, -0.25) is 4.79 Å². The van der Waals surface area contributed by atoms with Gasteiger partial charge in [0.1, 0.15) is 6.54 Å². The fraction of sp³-hybridized carbons (Fsp3) is 0.333. The van der Waals surface area contributed by atoms with Crippen molar-refractivity contribution in [3.05, 3.63) is 30.6 Å². The summed E-state index contributed by atoms with van der Waals surface area (Å²) in [4.78, 5) is 14.8. The van der Waals surface area contributed by atoms with Crippen LogP contribution in [0, 0.1) is 0 Å².